The SMILES string of the molecule is O=S(=O)(NCC(O)CN1CCOCC1)c1cccs1. The largest absolute Gasteiger partial charge is 0.390 e. The van der Waals surface area contributed by atoms with Crippen molar-refractivity contribution in [3.8, 4) is 0 Å². The first-order chi connectivity index (χ1) is 9.08. The summed E-state index contributed by atoms with van der Waals surface area (Å²) in [7, 11) is -3.49. The van der Waals surface area contributed by atoms with E-state index in [1.54, 1.807) is 17.5 Å². The minimum Gasteiger partial charge on any atom is -0.390 e. The lowest BCUT2D eigenvalue weighted by Gasteiger charge is -2.28. The highest BCUT2D eigenvalue weighted by Gasteiger charge is 2.19. The second-order valence-electron chi connectivity index (χ2n) is 4.35. The molecule has 0 bridgehead atoms. The fraction of sp³-hybridized carbons (Fsp3) is 0.636. The summed E-state index contributed by atoms with van der Waals surface area (Å²) in [6.07, 6.45) is -0.715. The average molecular weight is 306 g/mol. The van der Waals surface area contributed by atoms with Crippen LogP contribution in [0.5, 0.6) is 0 Å². The van der Waals surface area contributed by atoms with Crippen molar-refractivity contribution in [3.05, 3.63) is 17.5 Å². The maximum Gasteiger partial charge on any atom is 0.250 e. The van der Waals surface area contributed by atoms with Gasteiger partial charge in [-0.05, 0) is 11.4 Å². The van der Waals surface area contributed by atoms with Gasteiger partial charge >= 0.3 is 0 Å². The van der Waals surface area contributed by atoms with Gasteiger partial charge in [0.2, 0.25) is 10.0 Å². The summed E-state index contributed by atoms with van der Waals surface area (Å²) in [6, 6.07) is 3.23. The number of hydrogen-bond donors (Lipinski definition) is 2. The van der Waals surface area contributed by atoms with E-state index in [0.717, 1.165) is 24.4 Å². The first-order valence-corrected chi connectivity index (χ1v) is 8.45. The molecule has 1 unspecified atom stereocenters. The lowest BCUT2D eigenvalue weighted by atomic mass is 10.3. The van der Waals surface area contributed by atoms with Crippen LogP contribution in [0.2, 0.25) is 0 Å². The lowest BCUT2D eigenvalue weighted by Crippen LogP contribution is -2.44. The van der Waals surface area contributed by atoms with E-state index in [4.69, 9.17) is 4.74 Å². The van der Waals surface area contributed by atoms with Crippen molar-refractivity contribution < 1.29 is 18.3 Å². The highest BCUT2D eigenvalue weighted by Crippen LogP contribution is 2.15. The van der Waals surface area contributed by atoms with Crippen LogP contribution in [0, 0.1) is 0 Å². The van der Waals surface area contributed by atoms with E-state index in [1.165, 1.54) is 0 Å². The molecule has 1 aliphatic heterocycles. The summed E-state index contributed by atoms with van der Waals surface area (Å²) >= 11 is 1.16. The van der Waals surface area contributed by atoms with Crippen LogP contribution < -0.4 is 4.72 Å². The van der Waals surface area contributed by atoms with E-state index in [1.807, 2.05) is 0 Å². The molecular weight excluding hydrogens is 288 g/mol. The molecule has 0 aromatic carbocycles. The van der Waals surface area contributed by atoms with Gasteiger partial charge in [0, 0.05) is 26.2 Å². The molecule has 8 heteroatoms. The minimum atomic E-state index is -3.49. The van der Waals surface area contributed by atoms with Crippen molar-refractivity contribution in [1.29, 1.82) is 0 Å². The van der Waals surface area contributed by atoms with E-state index in [9.17, 15) is 13.5 Å². The molecule has 0 spiro atoms. The number of rotatable bonds is 6. The molecule has 19 heavy (non-hydrogen) atoms. The van der Waals surface area contributed by atoms with Crippen molar-refractivity contribution >= 4 is 21.4 Å². The molecule has 6 nitrogen and oxygen atoms in total. The molecule has 0 amide bonds. The number of hydrogen-bond acceptors (Lipinski definition) is 6. The van der Waals surface area contributed by atoms with Gasteiger partial charge < -0.3 is 9.84 Å². The van der Waals surface area contributed by atoms with Gasteiger partial charge in [-0.3, -0.25) is 4.90 Å². The van der Waals surface area contributed by atoms with Crippen LogP contribution in [0.15, 0.2) is 21.7 Å². The quantitative estimate of drug-likeness (QED) is 0.756. The summed E-state index contributed by atoms with van der Waals surface area (Å²) in [5, 5.41) is 11.6. The fourth-order valence-corrected chi connectivity index (χ4v) is 3.95. The summed E-state index contributed by atoms with van der Waals surface area (Å²) in [5.41, 5.74) is 0. The molecule has 1 saturated heterocycles. The third-order valence-corrected chi connectivity index (χ3v) is 5.66. The van der Waals surface area contributed by atoms with Crippen molar-refractivity contribution in [2.75, 3.05) is 39.4 Å². The predicted molar refractivity (Wildman–Crippen MR) is 72.8 cm³/mol. The first kappa shape index (κ1) is 14.9. The third kappa shape index (κ3) is 4.51. The first-order valence-electron chi connectivity index (χ1n) is 6.09. The van der Waals surface area contributed by atoms with E-state index >= 15 is 0 Å². The molecule has 0 radical (unpaired) electrons. The van der Waals surface area contributed by atoms with Gasteiger partial charge in [0.25, 0.3) is 0 Å². The molecule has 1 fully saturated rings. The van der Waals surface area contributed by atoms with Gasteiger partial charge in [0.1, 0.15) is 4.21 Å². The number of ether oxygens (including phenoxy) is 1. The summed E-state index contributed by atoms with van der Waals surface area (Å²) in [4.78, 5) is 2.06. The molecule has 1 aromatic rings. The van der Waals surface area contributed by atoms with Crippen LogP contribution in [0.1, 0.15) is 0 Å². The number of β-amino-alcohol motifs (C(OH)–C–C–N with tert-alkyl or cyclic N) is 1. The van der Waals surface area contributed by atoms with E-state index < -0.39 is 16.1 Å². The number of nitrogens with zero attached hydrogens (tertiary/aromatic N) is 1. The van der Waals surface area contributed by atoms with Crippen LogP contribution >= 0.6 is 11.3 Å². The smallest absolute Gasteiger partial charge is 0.250 e. The normalized spacial score (nSPS) is 19.4. The topological polar surface area (TPSA) is 78.9 Å². The summed E-state index contributed by atoms with van der Waals surface area (Å²) < 4.78 is 31.6. The van der Waals surface area contributed by atoms with Crippen LogP contribution in [0.25, 0.3) is 0 Å². The Morgan fingerprint density at radius 3 is 2.84 bits per heavy atom. The standard InChI is InChI=1S/C11H18N2O4S2/c14-10(9-13-3-5-17-6-4-13)8-12-19(15,16)11-2-1-7-18-11/h1-2,7,10,12,14H,3-6,8-9H2. The Labute approximate surface area is 117 Å². The Hall–Kier alpha value is -0.510. The number of thiophene rings is 1. The van der Waals surface area contributed by atoms with E-state index in [-0.39, 0.29) is 10.8 Å². The third-order valence-electron chi connectivity index (χ3n) is 2.84. The maximum atomic E-state index is 11.8. The van der Waals surface area contributed by atoms with Crippen LogP contribution in [-0.4, -0.2) is 63.9 Å². The molecule has 1 atom stereocenters. The summed E-state index contributed by atoms with van der Waals surface area (Å²) in [5.74, 6) is 0. The average Bonchev–Trinajstić information content (AvgIpc) is 2.92. The Balaban J connectivity index is 1.78. The number of morpholine rings is 1. The molecule has 1 aromatic heterocycles. The van der Waals surface area contributed by atoms with Gasteiger partial charge in [-0.15, -0.1) is 11.3 Å². The molecular formula is C11H18N2O4S2. The molecule has 2 heterocycles. The zero-order valence-corrected chi connectivity index (χ0v) is 12.1. The highest BCUT2D eigenvalue weighted by molar-refractivity contribution is 7.91. The van der Waals surface area contributed by atoms with Crippen LogP contribution in [0.4, 0.5) is 0 Å². The zero-order chi connectivity index (χ0) is 13.7. The second-order valence-corrected chi connectivity index (χ2v) is 7.29. The lowest BCUT2D eigenvalue weighted by molar-refractivity contribution is 0.0158. The van der Waals surface area contributed by atoms with Gasteiger partial charge in [0.15, 0.2) is 0 Å². The van der Waals surface area contributed by atoms with Gasteiger partial charge in [0.05, 0.1) is 19.3 Å². The molecule has 0 aliphatic carbocycles. The minimum absolute atomic E-state index is 0.0254. The van der Waals surface area contributed by atoms with E-state index in [2.05, 4.69) is 9.62 Å². The number of nitrogens with one attached hydrogen (secondary N) is 1. The van der Waals surface area contributed by atoms with E-state index in [0.29, 0.717) is 19.8 Å². The molecule has 2 N–H and O–H groups in total. The maximum absolute atomic E-state index is 11.8. The molecule has 2 rings (SSSR count). The van der Waals surface area contributed by atoms with Crippen molar-refractivity contribution in [1.82, 2.24) is 9.62 Å². The Bertz CT molecular complexity index is 469. The zero-order valence-electron chi connectivity index (χ0n) is 10.5. The van der Waals surface area contributed by atoms with Crippen LogP contribution in [0.3, 0.4) is 0 Å². The Kier molecular flexibility index (Phi) is 5.31. The van der Waals surface area contributed by atoms with Gasteiger partial charge in [-0.1, -0.05) is 6.07 Å². The summed E-state index contributed by atoms with van der Waals surface area (Å²) in [6.45, 7) is 3.35. The Morgan fingerprint density at radius 1 is 1.47 bits per heavy atom. The van der Waals surface area contributed by atoms with Crippen molar-refractivity contribution in [2.45, 2.75) is 10.3 Å². The van der Waals surface area contributed by atoms with Crippen LogP contribution in [-0.2, 0) is 14.8 Å². The van der Waals surface area contributed by atoms with Crippen molar-refractivity contribution in [3.63, 3.8) is 0 Å². The van der Waals surface area contributed by atoms with Crippen molar-refractivity contribution in [2.24, 2.45) is 0 Å². The molecule has 1 aliphatic rings. The molecule has 108 valence electrons. The number of sulfonamides is 1. The Morgan fingerprint density at radius 2 is 2.21 bits per heavy atom. The van der Waals surface area contributed by atoms with Gasteiger partial charge in [-0.25, -0.2) is 13.1 Å². The molecule has 0 saturated carbocycles. The second kappa shape index (κ2) is 6.78. The monoisotopic (exact) mass is 306 g/mol. The highest BCUT2D eigenvalue weighted by atomic mass is 32.2. The number of aliphatic hydroxyl groups is 1. The number of aliphatic hydroxyl groups excluding tert-OH is 1. The van der Waals surface area contributed by atoms with Gasteiger partial charge in [-0.2, -0.15) is 0 Å². The fourth-order valence-electron chi connectivity index (χ4n) is 1.84. The predicted octanol–water partition coefficient (Wildman–Crippen LogP) is -0.280.